The smallest absolute Gasteiger partial charge is 0.217 e. The van der Waals surface area contributed by atoms with Gasteiger partial charge in [-0.2, -0.15) is 0 Å². The molecule has 0 spiro atoms. The number of rotatable bonds is 6. The molecule has 0 heterocycles. The van der Waals surface area contributed by atoms with E-state index in [-0.39, 0.29) is 11.9 Å². The lowest BCUT2D eigenvalue weighted by molar-refractivity contribution is -0.119. The van der Waals surface area contributed by atoms with Gasteiger partial charge < -0.3 is 5.32 Å². The number of carbonyl (C=O) groups excluding carboxylic acids is 1. The highest BCUT2D eigenvalue weighted by Gasteiger charge is 2.03. The number of unbranched alkanes of at least 4 members (excludes halogenated alkanes) is 1. The van der Waals surface area contributed by atoms with Crippen LogP contribution in [0.3, 0.4) is 0 Å². The summed E-state index contributed by atoms with van der Waals surface area (Å²) in [6.07, 6.45) is 6.62. The van der Waals surface area contributed by atoms with Gasteiger partial charge in [0.25, 0.3) is 0 Å². The summed E-state index contributed by atoms with van der Waals surface area (Å²) in [4.78, 5) is 10.7. The molecule has 1 amide bonds. The SMILES string of the molecule is C=CCCCC(C=C)NC(C)=O. The van der Waals surface area contributed by atoms with Gasteiger partial charge in [-0.05, 0) is 19.3 Å². The van der Waals surface area contributed by atoms with E-state index in [4.69, 9.17) is 0 Å². The predicted molar refractivity (Wildman–Crippen MR) is 51.8 cm³/mol. The number of carbonyl (C=O) groups is 1. The van der Waals surface area contributed by atoms with Gasteiger partial charge in [0, 0.05) is 13.0 Å². The molecule has 0 aliphatic rings. The molecule has 0 fully saturated rings. The fourth-order valence-corrected chi connectivity index (χ4v) is 0.992. The second-order valence-corrected chi connectivity index (χ2v) is 2.76. The van der Waals surface area contributed by atoms with Crippen molar-refractivity contribution >= 4 is 5.91 Å². The van der Waals surface area contributed by atoms with Gasteiger partial charge in [-0.25, -0.2) is 0 Å². The summed E-state index contributed by atoms with van der Waals surface area (Å²) in [5.41, 5.74) is 0. The summed E-state index contributed by atoms with van der Waals surface area (Å²) in [5.74, 6) is -0.00139. The zero-order valence-corrected chi connectivity index (χ0v) is 7.68. The van der Waals surface area contributed by atoms with Crippen molar-refractivity contribution in [2.24, 2.45) is 0 Å². The zero-order valence-electron chi connectivity index (χ0n) is 7.68. The number of nitrogens with one attached hydrogen (secondary N) is 1. The first-order valence-electron chi connectivity index (χ1n) is 4.21. The van der Waals surface area contributed by atoms with Gasteiger partial charge in [-0.1, -0.05) is 12.2 Å². The second kappa shape index (κ2) is 6.65. The molecule has 0 aliphatic heterocycles. The van der Waals surface area contributed by atoms with Crippen LogP contribution in [0.1, 0.15) is 26.2 Å². The maximum atomic E-state index is 10.7. The van der Waals surface area contributed by atoms with Crippen molar-refractivity contribution in [2.45, 2.75) is 32.2 Å². The number of amides is 1. The maximum absolute atomic E-state index is 10.7. The van der Waals surface area contributed by atoms with E-state index in [9.17, 15) is 4.79 Å². The van der Waals surface area contributed by atoms with Gasteiger partial charge in [0.1, 0.15) is 0 Å². The van der Waals surface area contributed by atoms with Crippen LogP contribution in [-0.4, -0.2) is 11.9 Å². The highest BCUT2D eigenvalue weighted by molar-refractivity contribution is 5.73. The zero-order chi connectivity index (χ0) is 9.40. The van der Waals surface area contributed by atoms with Crippen molar-refractivity contribution in [3.63, 3.8) is 0 Å². The Morgan fingerprint density at radius 3 is 2.67 bits per heavy atom. The summed E-state index contributed by atoms with van der Waals surface area (Å²) in [6.45, 7) is 8.80. The summed E-state index contributed by atoms with van der Waals surface area (Å²) in [6, 6.07) is 0.113. The van der Waals surface area contributed by atoms with E-state index in [1.165, 1.54) is 6.92 Å². The Labute approximate surface area is 74.4 Å². The summed E-state index contributed by atoms with van der Waals surface area (Å²) in [7, 11) is 0. The molecule has 2 nitrogen and oxygen atoms in total. The third-order valence-electron chi connectivity index (χ3n) is 1.60. The van der Waals surface area contributed by atoms with Crippen LogP contribution in [0.4, 0.5) is 0 Å². The third kappa shape index (κ3) is 5.71. The van der Waals surface area contributed by atoms with E-state index in [0.29, 0.717) is 0 Å². The van der Waals surface area contributed by atoms with Gasteiger partial charge in [-0.15, -0.1) is 13.2 Å². The second-order valence-electron chi connectivity index (χ2n) is 2.76. The fraction of sp³-hybridized carbons (Fsp3) is 0.500. The Morgan fingerprint density at radius 1 is 1.58 bits per heavy atom. The minimum absolute atomic E-state index is 0.00139. The van der Waals surface area contributed by atoms with Crippen molar-refractivity contribution in [3.8, 4) is 0 Å². The van der Waals surface area contributed by atoms with E-state index in [1.807, 2.05) is 6.08 Å². The first-order chi connectivity index (χ1) is 5.70. The monoisotopic (exact) mass is 167 g/mol. The van der Waals surface area contributed by atoms with Gasteiger partial charge in [0.2, 0.25) is 5.91 Å². The molecule has 68 valence electrons. The van der Waals surface area contributed by atoms with Gasteiger partial charge in [0.05, 0.1) is 0 Å². The third-order valence-corrected chi connectivity index (χ3v) is 1.60. The molecule has 0 radical (unpaired) electrons. The van der Waals surface area contributed by atoms with Crippen LogP contribution in [0, 0.1) is 0 Å². The molecule has 0 saturated heterocycles. The summed E-state index contributed by atoms with van der Waals surface area (Å²) in [5, 5.41) is 2.80. The normalized spacial score (nSPS) is 11.8. The van der Waals surface area contributed by atoms with Crippen LogP contribution in [0.25, 0.3) is 0 Å². The van der Waals surface area contributed by atoms with E-state index < -0.39 is 0 Å². The number of allylic oxidation sites excluding steroid dienone is 1. The van der Waals surface area contributed by atoms with Crippen LogP contribution in [0.2, 0.25) is 0 Å². The summed E-state index contributed by atoms with van der Waals surface area (Å²) < 4.78 is 0. The van der Waals surface area contributed by atoms with E-state index in [0.717, 1.165) is 19.3 Å². The molecular weight excluding hydrogens is 150 g/mol. The quantitative estimate of drug-likeness (QED) is 0.476. The minimum Gasteiger partial charge on any atom is -0.350 e. The molecule has 12 heavy (non-hydrogen) atoms. The molecule has 0 saturated carbocycles. The molecule has 0 aliphatic carbocycles. The van der Waals surface area contributed by atoms with Crippen LogP contribution < -0.4 is 5.32 Å². The van der Waals surface area contributed by atoms with Crippen molar-refractivity contribution in [1.82, 2.24) is 5.32 Å². The highest BCUT2D eigenvalue weighted by atomic mass is 16.1. The van der Waals surface area contributed by atoms with Crippen LogP contribution >= 0.6 is 0 Å². The van der Waals surface area contributed by atoms with Crippen molar-refractivity contribution in [1.29, 1.82) is 0 Å². The van der Waals surface area contributed by atoms with Gasteiger partial charge in [0.15, 0.2) is 0 Å². The molecular formula is C10H17NO. The first kappa shape index (κ1) is 11.0. The van der Waals surface area contributed by atoms with E-state index in [2.05, 4.69) is 18.5 Å². The highest BCUT2D eigenvalue weighted by Crippen LogP contribution is 2.01. The fourth-order valence-electron chi connectivity index (χ4n) is 0.992. The Balaban J connectivity index is 3.59. The van der Waals surface area contributed by atoms with E-state index >= 15 is 0 Å². The van der Waals surface area contributed by atoms with Crippen LogP contribution in [-0.2, 0) is 4.79 Å². The van der Waals surface area contributed by atoms with Crippen LogP contribution in [0.15, 0.2) is 25.3 Å². The Kier molecular flexibility index (Phi) is 6.07. The van der Waals surface area contributed by atoms with E-state index in [1.54, 1.807) is 6.08 Å². The average molecular weight is 167 g/mol. The topological polar surface area (TPSA) is 29.1 Å². The van der Waals surface area contributed by atoms with Crippen molar-refractivity contribution in [2.75, 3.05) is 0 Å². The molecule has 1 atom stereocenters. The molecule has 0 aromatic heterocycles. The minimum atomic E-state index is -0.00139. The molecule has 2 heteroatoms. The molecule has 1 N–H and O–H groups in total. The summed E-state index contributed by atoms with van der Waals surface area (Å²) >= 11 is 0. The molecule has 0 aromatic rings. The number of hydrogen-bond acceptors (Lipinski definition) is 1. The largest absolute Gasteiger partial charge is 0.350 e. The maximum Gasteiger partial charge on any atom is 0.217 e. The molecule has 1 unspecified atom stereocenters. The predicted octanol–water partition coefficient (Wildman–Crippen LogP) is 2.03. The van der Waals surface area contributed by atoms with Crippen molar-refractivity contribution in [3.05, 3.63) is 25.3 Å². The number of hydrogen-bond donors (Lipinski definition) is 1. The molecule has 0 bridgehead atoms. The van der Waals surface area contributed by atoms with Crippen LogP contribution in [0.5, 0.6) is 0 Å². The lowest BCUT2D eigenvalue weighted by atomic mass is 10.1. The Hall–Kier alpha value is -1.05. The van der Waals surface area contributed by atoms with Crippen molar-refractivity contribution < 1.29 is 4.79 Å². The Morgan fingerprint density at radius 2 is 2.25 bits per heavy atom. The average Bonchev–Trinajstić information content (AvgIpc) is 2.02. The molecule has 0 aromatic carbocycles. The first-order valence-corrected chi connectivity index (χ1v) is 4.21. The van der Waals surface area contributed by atoms with Gasteiger partial charge >= 0.3 is 0 Å². The lowest BCUT2D eigenvalue weighted by Gasteiger charge is -2.11. The molecule has 0 rings (SSSR count). The van der Waals surface area contributed by atoms with Gasteiger partial charge in [-0.3, -0.25) is 4.79 Å². The lowest BCUT2D eigenvalue weighted by Crippen LogP contribution is -2.30. The standard InChI is InChI=1S/C10H17NO/c1-4-6-7-8-10(5-2)11-9(3)12/h4-5,10H,1-2,6-8H2,3H3,(H,11,12). The Bertz CT molecular complexity index is 163.